The van der Waals surface area contributed by atoms with Gasteiger partial charge in [-0.2, -0.15) is 5.10 Å². The first kappa shape index (κ1) is 22.5. The van der Waals surface area contributed by atoms with Gasteiger partial charge in [-0.1, -0.05) is 23.2 Å². The van der Waals surface area contributed by atoms with E-state index in [9.17, 15) is 9.59 Å². The van der Waals surface area contributed by atoms with Gasteiger partial charge in [0.1, 0.15) is 11.6 Å². The number of likely N-dealkylation sites (tertiary alicyclic amines) is 1. The maximum Gasteiger partial charge on any atom is 0.278 e. The van der Waals surface area contributed by atoms with E-state index < -0.39 is 6.04 Å². The minimum atomic E-state index is -0.907. The van der Waals surface area contributed by atoms with E-state index >= 15 is 0 Å². The molecule has 0 spiro atoms. The second-order valence-electron chi connectivity index (χ2n) is 7.72. The average molecular weight is 480 g/mol. The lowest BCUT2D eigenvalue weighted by atomic mass is 10.0. The highest BCUT2D eigenvalue weighted by Crippen LogP contribution is 2.30. The Morgan fingerprint density at radius 1 is 1.34 bits per heavy atom. The highest BCUT2D eigenvalue weighted by Gasteiger charge is 2.28. The molecule has 32 heavy (non-hydrogen) atoms. The summed E-state index contributed by atoms with van der Waals surface area (Å²) in [5.74, 6) is 0.0737. The molecular weight excluding hydrogens is 457 g/mol. The largest absolute Gasteiger partial charge is 0.394 e. The van der Waals surface area contributed by atoms with Crippen molar-refractivity contribution in [2.45, 2.75) is 24.9 Å². The molecule has 12 heteroatoms. The number of nitrogens with two attached hydrogens (primary N) is 1. The normalized spacial score (nSPS) is 15.8. The van der Waals surface area contributed by atoms with E-state index in [4.69, 9.17) is 34.0 Å². The van der Waals surface area contributed by atoms with E-state index in [0.717, 1.165) is 0 Å². The Kier molecular flexibility index (Phi) is 6.38. The van der Waals surface area contributed by atoms with Crippen molar-refractivity contribution in [2.24, 2.45) is 5.73 Å². The van der Waals surface area contributed by atoms with Crippen LogP contribution in [0.2, 0.25) is 10.0 Å². The predicted octanol–water partition coefficient (Wildman–Crippen LogP) is 1.68. The van der Waals surface area contributed by atoms with E-state index in [1.807, 2.05) is 0 Å². The van der Waals surface area contributed by atoms with Crippen molar-refractivity contribution in [1.82, 2.24) is 24.6 Å². The van der Waals surface area contributed by atoms with Crippen molar-refractivity contribution in [3.05, 3.63) is 44.8 Å². The van der Waals surface area contributed by atoms with Crippen molar-refractivity contribution in [1.29, 1.82) is 0 Å². The molecule has 0 bridgehead atoms. The first-order valence-corrected chi connectivity index (χ1v) is 10.9. The van der Waals surface area contributed by atoms with Gasteiger partial charge in [-0.05, 0) is 31.0 Å². The van der Waals surface area contributed by atoms with Gasteiger partial charge in [0, 0.05) is 25.8 Å². The summed E-state index contributed by atoms with van der Waals surface area (Å²) in [6, 6.07) is 4.18. The Bertz CT molecular complexity index is 1200. The summed E-state index contributed by atoms with van der Waals surface area (Å²) in [5.41, 5.74) is 6.89. The number of carbonyl (C=O) groups is 1. The summed E-state index contributed by atoms with van der Waals surface area (Å²) in [4.78, 5) is 35.8. The summed E-state index contributed by atoms with van der Waals surface area (Å²) in [5, 5.41) is 14.3. The molecule has 0 aliphatic carbocycles. The molecule has 1 fully saturated rings. The van der Waals surface area contributed by atoms with Gasteiger partial charge in [-0.3, -0.25) is 19.3 Å². The highest BCUT2D eigenvalue weighted by atomic mass is 35.5. The van der Waals surface area contributed by atoms with Crippen molar-refractivity contribution in [2.75, 3.05) is 31.6 Å². The number of aliphatic hydroxyl groups excluding tert-OH is 1. The maximum atomic E-state index is 12.9. The van der Waals surface area contributed by atoms with Gasteiger partial charge in [0.25, 0.3) is 5.56 Å². The molecule has 3 heterocycles. The Hall–Kier alpha value is -2.66. The van der Waals surface area contributed by atoms with Crippen molar-refractivity contribution in [3.63, 3.8) is 0 Å². The van der Waals surface area contributed by atoms with Gasteiger partial charge >= 0.3 is 0 Å². The summed E-state index contributed by atoms with van der Waals surface area (Å²) in [7, 11) is 1.76. The van der Waals surface area contributed by atoms with Crippen LogP contribution in [0.1, 0.15) is 18.9 Å². The standard InChI is InChI=1S/C20H23Cl2N7O3/c1-27(12-2-3-13(21)14(22)8-12)20-25-16-9-24-29(17(16)18(31)26-20)11-4-6-28(7-5-11)19(32)15(23)10-30/h2-3,8-9,11,15,30H,4-7,10,23H2,1H3,(H,25,26,31). The molecule has 1 atom stereocenters. The van der Waals surface area contributed by atoms with Crippen LogP contribution in [0.25, 0.3) is 11.0 Å². The zero-order chi connectivity index (χ0) is 23.0. The van der Waals surface area contributed by atoms with Crippen molar-refractivity contribution >= 4 is 51.8 Å². The average Bonchev–Trinajstić information content (AvgIpc) is 3.24. The number of hydrogen-bond acceptors (Lipinski definition) is 7. The molecular formula is C20H23Cl2N7O3. The van der Waals surface area contributed by atoms with Gasteiger partial charge in [-0.15, -0.1) is 0 Å². The van der Waals surface area contributed by atoms with Crippen molar-refractivity contribution < 1.29 is 9.90 Å². The minimum Gasteiger partial charge on any atom is -0.394 e. The van der Waals surface area contributed by atoms with Crippen molar-refractivity contribution in [3.8, 4) is 0 Å². The molecule has 4 rings (SSSR count). The second-order valence-corrected chi connectivity index (χ2v) is 8.53. The molecule has 1 aromatic carbocycles. The number of carbonyl (C=O) groups excluding carboxylic acids is 1. The molecule has 170 valence electrons. The monoisotopic (exact) mass is 479 g/mol. The quantitative estimate of drug-likeness (QED) is 0.506. The van der Waals surface area contributed by atoms with Crippen LogP contribution in [0.5, 0.6) is 0 Å². The van der Waals surface area contributed by atoms with Gasteiger partial charge in [0.05, 0.1) is 28.9 Å². The molecule has 4 N–H and O–H groups in total. The molecule has 1 amide bonds. The summed E-state index contributed by atoms with van der Waals surface area (Å²) < 4.78 is 1.68. The number of piperidine rings is 1. The van der Waals surface area contributed by atoms with Gasteiger partial charge < -0.3 is 20.6 Å². The van der Waals surface area contributed by atoms with Gasteiger partial charge in [0.2, 0.25) is 11.9 Å². The van der Waals surface area contributed by atoms with E-state index in [1.54, 1.807) is 45.9 Å². The predicted molar refractivity (Wildman–Crippen MR) is 123 cm³/mol. The maximum absolute atomic E-state index is 12.9. The fraction of sp³-hybridized carbons (Fsp3) is 0.400. The third-order valence-corrected chi connectivity index (χ3v) is 6.43. The van der Waals surface area contributed by atoms with Crippen LogP contribution in [0.3, 0.4) is 0 Å². The molecule has 10 nitrogen and oxygen atoms in total. The Balaban J connectivity index is 1.57. The number of halogens is 2. The third-order valence-electron chi connectivity index (χ3n) is 5.69. The number of anilines is 2. The number of amides is 1. The summed E-state index contributed by atoms with van der Waals surface area (Å²) in [6.07, 6.45) is 2.80. The van der Waals surface area contributed by atoms with E-state index in [-0.39, 0.29) is 24.1 Å². The van der Waals surface area contributed by atoms with E-state index in [2.05, 4.69) is 15.1 Å². The van der Waals surface area contributed by atoms with E-state index in [0.29, 0.717) is 58.6 Å². The number of fused-ring (bicyclic) bond motifs is 1. The van der Waals surface area contributed by atoms with Crippen LogP contribution in [0, 0.1) is 0 Å². The Morgan fingerprint density at radius 2 is 2.06 bits per heavy atom. The lowest BCUT2D eigenvalue weighted by molar-refractivity contribution is -0.134. The second kappa shape index (κ2) is 9.07. The summed E-state index contributed by atoms with van der Waals surface area (Å²) in [6.45, 7) is 0.562. The lowest BCUT2D eigenvalue weighted by Crippen LogP contribution is -2.48. The number of nitrogens with zero attached hydrogens (tertiary/aromatic N) is 5. The first-order chi connectivity index (χ1) is 15.3. The van der Waals surface area contributed by atoms with Crippen LogP contribution in [0.4, 0.5) is 11.6 Å². The Morgan fingerprint density at radius 3 is 2.72 bits per heavy atom. The summed E-state index contributed by atoms with van der Waals surface area (Å²) >= 11 is 12.1. The number of aromatic nitrogens is 4. The van der Waals surface area contributed by atoms with Crippen LogP contribution in [0.15, 0.2) is 29.2 Å². The SMILES string of the molecule is CN(c1ccc(Cl)c(Cl)c1)c1nc2cnn(C3CCN(C(=O)C(N)CO)CC3)c2c(=O)[nH]1. The molecule has 1 saturated heterocycles. The highest BCUT2D eigenvalue weighted by molar-refractivity contribution is 6.42. The van der Waals surface area contributed by atoms with Crippen LogP contribution in [-0.4, -0.2) is 68.4 Å². The number of benzene rings is 1. The Labute approximate surface area is 193 Å². The topological polar surface area (TPSA) is 133 Å². The molecule has 0 saturated carbocycles. The number of hydrogen-bond donors (Lipinski definition) is 3. The molecule has 2 aromatic heterocycles. The van der Waals surface area contributed by atoms with Gasteiger partial charge in [0.15, 0.2) is 5.52 Å². The molecule has 3 aromatic rings. The van der Waals surface area contributed by atoms with Crippen LogP contribution >= 0.6 is 23.2 Å². The molecule has 1 aliphatic rings. The lowest BCUT2D eigenvalue weighted by Gasteiger charge is -2.33. The molecule has 1 aliphatic heterocycles. The first-order valence-electron chi connectivity index (χ1n) is 10.1. The fourth-order valence-electron chi connectivity index (χ4n) is 3.85. The number of aliphatic hydroxyl groups is 1. The smallest absolute Gasteiger partial charge is 0.278 e. The number of aromatic amines is 1. The van der Waals surface area contributed by atoms with E-state index in [1.165, 1.54) is 0 Å². The fourth-order valence-corrected chi connectivity index (χ4v) is 4.15. The van der Waals surface area contributed by atoms with Gasteiger partial charge in [-0.25, -0.2) is 4.98 Å². The molecule has 0 radical (unpaired) electrons. The number of rotatable bonds is 5. The van der Waals surface area contributed by atoms with Crippen LogP contribution < -0.4 is 16.2 Å². The zero-order valence-corrected chi connectivity index (χ0v) is 18.8. The minimum absolute atomic E-state index is 0.0524. The van der Waals surface area contributed by atoms with Crippen LogP contribution in [-0.2, 0) is 4.79 Å². The number of nitrogens with one attached hydrogen (secondary N) is 1. The zero-order valence-electron chi connectivity index (χ0n) is 17.3. The third kappa shape index (κ3) is 4.18. The molecule has 1 unspecified atom stereocenters. The number of H-pyrrole nitrogens is 1.